The fourth-order valence-electron chi connectivity index (χ4n) is 4.10. The zero-order valence-electron chi connectivity index (χ0n) is 15.4. The van der Waals surface area contributed by atoms with Crippen LogP contribution in [0.2, 0.25) is 0 Å². The van der Waals surface area contributed by atoms with Gasteiger partial charge in [0.25, 0.3) is 0 Å². The van der Waals surface area contributed by atoms with Gasteiger partial charge in [-0.25, -0.2) is 18.4 Å². The van der Waals surface area contributed by atoms with Crippen LogP contribution < -0.4 is 5.32 Å². The Labute approximate surface area is 154 Å². The maximum atomic E-state index is 11.6. The van der Waals surface area contributed by atoms with Gasteiger partial charge < -0.3 is 5.32 Å². The minimum atomic E-state index is -2.88. The van der Waals surface area contributed by atoms with Gasteiger partial charge in [-0.05, 0) is 44.7 Å². The monoisotopic (exact) mass is 374 g/mol. The molecular formula is C19H26N4O2S. The van der Waals surface area contributed by atoms with Crippen LogP contribution in [-0.2, 0) is 9.84 Å². The maximum absolute atomic E-state index is 11.6. The minimum absolute atomic E-state index is 0.158. The van der Waals surface area contributed by atoms with E-state index in [2.05, 4.69) is 39.2 Å². The van der Waals surface area contributed by atoms with E-state index in [1.807, 2.05) is 6.07 Å². The molecule has 2 heterocycles. The van der Waals surface area contributed by atoms with Gasteiger partial charge >= 0.3 is 0 Å². The van der Waals surface area contributed by atoms with Gasteiger partial charge in [0.2, 0.25) is 0 Å². The molecule has 0 bridgehead atoms. The number of benzene rings is 1. The van der Waals surface area contributed by atoms with E-state index in [1.165, 1.54) is 11.8 Å². The molecule has 4 rings (SSSR count). The largest absolute Gasteiger partial charge is 0.367 e. The highest BCUT2D eigenvalue weighted by Gasteiger charge is 2.39. The van der Waals surface area contributed by atoms with Crippen molar-refractivity contribution in [1.29, 1.82) is 0 Å². The van der Waals surface area contributed by atoms with Crippen molar-refractivity contribution in [3.63, 3.8) is 0 Å². The van der Waals surface area contributed by atoms with Crippen molar-refractivity contribution in [3.05, 3.63) is 30.1 Å². The summed E-state index contributed by atoms with van der Waals surface area (Å²) in [5.74, 6) is 0.920. The number of nitrogens with one attached hydrogen (secondary N) is 1. The third kappa shape index (κ3) is 3.55. The summed E-state index contributed by atoms with van der Waals surface area (Å²) in [6.07, 6.45) is 7.36. The predicted molar refractivity (Wildman–Crippen MR) is 104 cm³/mol. The Bertz CT molecular complexity index is 901. The molecule has 2 fully saturated rings. The van der Waals surface area contributed by atoms with Crippen LogP contribution >= 0.6 is 0 Å². The summed E-state index contributed by atoms with van der Waals surface area (Å²) in [6, 6.07) is 7.18. The Morgan fingerprint density at radius 1 is 1.12 bits per heavy atom. The number of hydrogen-bond donors (Lipinski definition) is 1. The van der Waals surface area contributed by atoms with E-state index in [9.17, 15) is 8.42 Å². The highest BCUT2D eigenvalue weighted by molar-refractivity contribution is 7.91. The van der Waals surface area contributed by atoms with Crippen molar-refractivity contribution >= 4 is 26.6 Å². The zero-order chi connectivity index (χ0) is 18.3. The molecule has 0 radical (unpaired) electrons. The van der Waals surface area contributed by atoms with E-state index in [4.69, 9.17) is 0 Å². The topological polar surface area (TPSA) is 75.2 Å². The maximum Gasteiger partial charge on any atom is 0.152 e. The Kier molecular flexibility index (Phi) is 4.61. The second-order valence-electron chi connectivity index (χ2n) is 7.80. The van der Waals surface area contributed by atoms with Gasteiger partial charge in [-0.2, -0.15) is 0 Å². The fourth-order valence-corrected chi connectivity index (χ4v) is 5.03. The molecule has 0 spiro atoms. The third-order valence-corrected chi connectivity index (χ3v) is 7.34. The Morgan fingerprint density at radius 2 is 1.85 bits per heavy atom. The van der Waals surface area contributed by atoms with Crippen LogP contribution in [0, 0.1) is 6.92 Å². The first kappa shape index (κ1) is 17.7. The SMILES string of the molecule is Cc1ccc2ncnc(N[C@H]3CC[C@H](N4CC(S(C)(=O)=O)C4)CC3)c2c1. The van der Waals surface area contributed by atoms with Crippen molar-refractivity contribution in [2.45, 2.75) is 49.9 Å². The van der Waals surface area contributed by atoms with Gasteiger partial charge in [0.1, 0.15) is 12.1 Å². The van der Waals surface area contributed by atoms with Crippen LogP contribution in [0.1, 0.15) is 31.2 Å². The van der Waals surface area contributed by atoms with Gasteiger partial charge in [0.05, 0.1) is 10.8 Å². The third-order valence-electron chi connectivity index (χ3n) is 5.83. The number of aryl methyl sites for hydroxylation is 1. The molecule has 0 amide bonds. The van der Waals surface area contributed by atoms with E-state index in [1.54, 1.807) is 6.33 Å². The smallest absolute Gasteiger partial charge is 0.152 e. The average molecular weight is 375 g/mol. The molecule has 1 aliphatic heterocycles. The van der Waals surface area contributed by atoms with E-state index in [0.29, 0.717) is 25.2 Å². The lowest BCUT2D eigenvalue weighted by Crippen LogP contribution is -2.59. The second kappa shape index (κ2) is 6.78. The molecule has 1 aromatic heterocycles. The summed E-state index contributed by atoms with van der Waals surface area (Å²) < 4.78 is 23.2. The first-order valence-corrected chi connectivity index (χ1v) is 11.3. The summed E-state index contributed by atoms with van der Waals surface area (Å²) >= 11 is 0. The number of likely N-dealkylation sites (tertiary alicyclic amines) is 1. The highest BCUT2D eigenvalue weighted by Crippen LogP contribution is 2.30. The van der Waals surface area contributed by atoms with Crippen molar-refractivity contribution in [2.24, 2.45) is 0 Å². The number of aromatic nitrogens is 2. The Hall–Kier alpha value is -1.73. The number of nitrogens with zero attached hydrogens (tertiary/aromatic N) is 3. The molecular weight excluding hydrogens is 348 g/mol. The fraction of sp³-hybridized carbons (Fsp3) is 0.579. The number of sulfone groups is 1. The molecule has 2 aromatic rings. The van der Waals surface area contributed by atoms with Crippen molar-refractivity contribution in [1.82, 2.24) is 14.9 Å². The van der Waals surface area contributed by atoms with E-state index in [-0.39, 0.29) is 5.25 Å². The number of fused-ring (bicyclic) bond motifs is 1. The summed E-state index contributed by atoms with van der Waals surface area (Å²) in [4.78, 5) is 11.1. The van der Waals surface area contributed by atoms with Gasteiger partial charge in [0.15, 0.2) is 9.84 Å². The first-order chi connectivity index (χ1) is 12.4. The lowest BCUT2D eigenvalue weighted by atomic mass is 9.88. The van der Waals surface area contributed by atoms with Crippen LogP contribution in [0.5, 0.6) is 0 Å². The summed E-state index contributed by atoms with van der Waals surface area (Å²) in [5.41, 5.74) is 2.17. The molecule has 6 nitrogen and oxygen atoms in total. The summed E-state index contributed by atoms with van der Waals surface area (Å²) in [6.45, 7) is 3.49. The first-order valence-electron chi connectivity index (χ1n) is 9.31. The van der Waals surface area contributed by atoms with Crippen LogP contribution in [0.15, 0.2) is 24.5 Å². The number of anilines is 1. The van der Waals surface area contributed by atoms with Crippen LogP contribution in [0.3, 0.4) is 0 Å². The predicted octanol–water partition coefficient (Wildman–Crippen LogP) is 2.39. The molecule has 1 N–H and O–H groups in total. The average Bonchev–Trinajstić information content (AvgIpc) is 2.54. The van der Waals surface area contributed by atoms with Gasteiger partial charge in [-0.1, -0.05) is 11.6 Å². The molecule has 140 valence electrons. The molecule has 26 heavy (non-hydrogen) atoms. The lowest BCUT2D eigenvalue weighted by Gasteiger charge is -2.45. The highest BCUT2D eigenvalue weighted by atomic mass is 32.2. The second-order valence-corrected chi connectivity index (χ2v) is 10.1. The van der Waals surface area contributed by atoms with E-state index in [0.717, 1.165) is 42.4 Å². The summed E-state index contributed by atoms with van der Waals surface area (Å²) in [7, 11) is -2.88. The molecule has 1 aromatic carbocycles. The summed E-state index contributed by atoms with van der Waals surface area (Å²) in [5, 5.41) is 4.53. The van der Waals surface area contributed by atoms with Gasteiger partial charge in [-0.15, -0.1) is 0 Å². The Morgan fingerprint density at radius 3 is 2.54 bits per heavy atom. The Balaban J connectivity index is 1.36. The van der Waals surface area contributed by atoms with Crippen molar-refractivity contribution in [2.75, 3.05) is 24.7 Å². The van der Waals surface area contributed by atoms with Crippen molar-refractivity contribution in [3.8, 4) is 0 Å². The molecule has 7 heteroatoms. The van der Waals surface area contributed by atoms with Crippen LogP contribution in [-0.4, -0.2) is 60.0 Å². The molecule has 0 atom stereocenters. The standard InChI is InChI=1S/C19H26N4O2S/c1-13-3-8-18-17(9-13)19(21-12-20-18)22-14-4-6-15(7-5-14)23-10-16(11-23)26(2,24)25/h3,8-9,12,14-16H,4-7,10-11H2,1-2H3,(H,20,21,22)/t14-,15-. The van der Waals surface area contributed by atoms with E-state index >= 15 is 0 Å². The quantitative estimate of drug-likeness (QED) is 0.886. The molecule has 0 unspecified atom stereocenters. The molecule has 1 aliphatic carbocycles. The number of rotatable bonds is 4. The molecule has 2 aliphatic rings. The van der Waals surface area contributed by atoms with Gasteiger partial charge in [0, 0.05) is 36.8 Å². The normalized spacial score (nSPS) is 25.2. The molecule has 1 saturated carbocycles. The molecule has 1 saturated heterocycles. The van der Waals surface area contributed by atoms with Crippen LogP contribution in [0.4, 0.5) is 5.82 Å². The van der Waals surface area contributed by atoms with Crippen LogP contribution in [0.25, 0.3) is 10.9 Å². The lowest BCUT2D eigenvalue weighted by molar-refractivity contribution is 0.0922. The zero-order valence-corrected chi connectivity index (χ0v) is 16.2. The van der Waals surface area contributed by atoms with E-state index < -0.39 is 9.84 Å². The minimum Gasteiger partial charge on any atom is -0.367 e. The van der Waals surface area contributed by atoms with Gasteiger partial charge in [-0.3, -0.25) is 4.90 Å². The van der Waals surface area contributed by atoms with Crippen molar-refractivity contribution < 1.29 is 8.42 Å². The number of hydrogen-bond acceptors (Lipinski definition) is 6.